The first-order chi connectivity index (χ1) is 11.6. The first-order valence-electron chi connectivity index (χ1n) is 7.99. The van der Waals surface area contributed by atoms with Crippen LogP contribution in [-0.4, -0.2) is 45.1 Å². The molecule has 0 amide bonds. The molecule has 0 aliphatic heterocycles. The van der Waals surface area contributed by atoms with Crippen molar-refractivity contribution in [2.45, 2.75) is 12.5 Å². The van der Waals surface area contributed by atoms with E-state index < -0.39 is 0 Å². The van der Waals surface area contributed by atoms with Gasteiger partial charge in [0.05, 0.1) is 6.04 Å². The molecule has 0 spiro atoms. The van der Waals surface area contributed by atoms with E-state index in [1.165, 1.54) is 10.9 Å². The second-order valence-electron chi connectivity index (χ2n) is 5.75. The maximum absolute atomic E-state index is 13.2. The lowest BCUT2D eigenvalue weighted by Gasteiger charge is -2.24. The average Bonchev–Trinajstić information content (AvgIpc) is 3.07. The van der Waals surface area contributed by atoms with E-state index in [4.69, 9.17) is 0 Å². The third-order valence-electron chi connectivity index (χ3n) is 3.78. The lowest BCUT2D eigenvalue weighted by molar-refractivity contribution is 0.302. The number of aliphatic imine (C=N–C) groups is 1. The van der Waals surface area contributed by atoms with Gasteiger partial charge < -0.3 is 15.5 Å². The van der Waals surface area contributed by atoms with E-state index in [1.807, 2.05) is 6.07 Å². The number of halogens is 2. The molecule has 0 bridgehead atoms. The topological polar surface area (TPSA) is 39.7 Å². The molecule has 0 aliphatic rings. The fourth-order valence-electron chi connectivity index (χ4n) is 2.45. The normalized spacial score (nSPS) is 12.6. The molecule has 25 heavy (non-hydrogen) atoms. The molecule has 2 aromatic rings. The second-order valence-corrected chi connectivity index (χ2v) is 6.73. The Morgan fingerprint density at radius 2 is 2.04 bits per heavy atom. The highest BCUT2D eigenvalue weighted by Crippen LogP contribution is 2.22. The summed E-state index contributed by atoms with van der Waals surface area (Å²) >= 11 is 1.76. The molecule has 2 rings (SSSR count). The third kappa shape index (κ3) is 7.29. The lowest BCUT2D eigenvalue weighted by atomic mass is 10.1. The summed E-state index contributed by atoms with van der Waals surface area (Å²) in [6, 6.07) is 11.2. The zero-order valence-electron chi connectivity index (χ0n) is 14.8. The molecule has 0 saturated heterocycles. The van der Waals surface area contributed by atoms with Gasteiger partial charge in [-0.25, -0.2) is 4.39 Å². The monoisotopic (exact) mass is 476 g/mol. The average molecular weight is 476 g/mol. The van der Waals surface area contributed by atoms with Crippen LogP contribution in [0.1, 0.15) is 16.5 Å². The number of nitrogens with one attached hydrogen (secondary N) is 2. The van der Waals surface area contributed by atoms with Crippen molar-refractivity contribution in [2.75, 3.05) is 34.2 Å². The molecule has 138 valence electrons. The minimum absolute atomic E-state index is 0. The van der Waals surface area contributed by atoms with Crippen LogP contribution >= 0.6 is 35.3 Å². The molecule has 7 heteroatoms. The fourth-order valence-corrected chi connectivity index (χ4v) is 3.37. The van der Waals surface area contributed by atoms with E-state index in [0.29, 0.717) is 12.6 Å². The van der Waals surface area contributed by atoms with Crippen LogP contribution in [0.2, 0.25) is 0 Å². The summed E-state index contributed by atoms with van der Waals surface area (Å²) in [5.74, 6) is 0.564. The van der Waals surface area contributed by atoms with Gasteiger partial charge in [-0.3, -0.25) is 4.99 Å². The Kier molecular flexibility index (Phi) is 9.99. The summed E-state index contributed by atoms with van der Waals surface area (Å²) in [5, 5.41) is 8.74. The minimum Gasteiger partial charge on any atom is -0.356 e. The zero-order valence-corrected chi connectivity index (χ0v) is 18.0. The smallest absolute Gasteiger partial charge is 0.191 e. The minimum atomic E-state index is -0.195. The van der Waals surface area contributed by atoms with Gasteiger partial charge in [0.1, 0.15) is 5.82 Å². The molecule has 0 aliphatic carbocycles. The van der Waals surface area contributed by atoms with Gasteiger partial charge in [-0.05, 0) is 49.7 Å². The van der Waals surface area contributed by atoms with Crippen molar-refractivity contribution in [1.29, 1.82) is 0 Å². The van der Waals surface area contributed by atoms with E-state index in [2.05, 4.69) is 52.1 Å². The standard InChI is InChI=1S/C18H25FN4S.HI/c1-20-18(21-10-9-14-6-4-7-15(19)12-14)22-13-16(23(2)3)17-8-5-11-24-17;/h4-8,11-12,16H,9-10,13H2,1-3H3,(H2,20,21,22);1H. The molecule has 4 nitrogen and oxygen atoms in total. The molecule has 1 unspecified atom stereocenters. The SMILES string of the molecule is CN=C(NCCc1cccc(F)c1)NCC(c1cccs1)N(C)C.I. The van der Waals surface area contributed by atoms with Crippen molar-refractivity contribution in [3.8, 4) is 0 Å². The summed E-state index contributed by atoms with van der Waals surface area (Å²) < 4.78 is 13.2. The number of thiophene rings is 1. The molecule has 0 saturated carbocycles. The van der Waals surface area contributed by atoms with Crippen molar-refractivity contribution in [3.05, 3.63) is 58.0 Å². The largest absolute Gasteiger partial charge is 0.356 e. The Morgan fingerprint density at radius 3 is 2.64 bits per heavy atom. The van der Waals surface area contributed by atoms with E-state index in [1.54, 1.807) is 30.5 Å². The van der Waals surface area contributed by atoms with Gasteiger partial charge in [0.15, 0.2) is 5.96 Å². The molecule has 1 aromatic heterocycles. The Hall–Kier alpha value is -1.19. The molecule has 1 heterocycles. The molecular weight excluding hydrogens is 450 g/mol. The molecule has 1 aromatic carbocycles. The number of hydrogen-bond acceptors (Lipinski definition) is 3. The second kappa shape index (κ2) is 11.4. The van der Waals surface area contributed by atoms with Crippen LogP contribution < -0.4 is 10.6 Å². The number of benzene rings is 1. The van der Waals surface area contributed by atoms with E-state index in [0.717, 1.165) is 24.5 Å². The number of nitrogens with zero attached hydrogens (tertiary/aromatic N) is 2. The summed E-state index contributed by atoms with van der Waals surface area (Å²) in [4.78, 5) is 7.77. The van der Waals surface area contributed by atoms with E-state index in [9.17, 15) is 4.39 Å². The van der Waals surface area contributed by atoms with Crippen molar-refractivity contribution in [1.82, 2.24) is 15.5 Å². The first-order valence-corrected chi connectivity index (χ1v) is 8.87. The van der Waals surface area contributed by atoms with Gasteiger partial charge in [-0.2, -0.15) is 0 Å². The Labute approximate surface area is 170 Å². The van der Waals surface area contributed by atoms with Gasteiger partial charge in [0.25, 0.3) is 0 Å². The van der Waals surface area contributed by atoms with Gasteiger partial charge in [0, 0.05) is 25.0 Å². The van der Waals surface area contributed by atoms with Crippen LogP contribution in [0.15, 0.2) is 46.8 Å². The highest BCUT2D eigenvalue weighted by Gasteiger charge is 2.15. The van der Waals surface area contributed by atoms with Crippen LogP contribution in [0.5, 0.6) is 0 Å². The Morgan fingerprint density at radius 1 is 1.24 bits per heavy atom. The van der Waals surface area contributed by atoms with Crippen LogP contribution in [0.3, 0.4) is 0 Å². The number of guanidine groups is 1. The molecular formula is C18H26FIN4S. The Bertz CT molecular complexity index is 646. The number of hydrogen-bond donors (Lipinski definition) is 2. The van der Waals surface area contributed by atoms with Gasteiger partial charge in [0.2, 0.25) is 0 Å². The highest BCUT2D eigenvalue weighted by atomic mass is 127. The number of likely N-dealkylation sites (N-methyl/N-ethyl adjacent to an activating group) is 1. The van der Waals surface area contributed by atoms with Crippen molar-refractivity contribution >= 4 is 41.3 Å². The van der Waals surface area contributed by atoms with E-state index >= 15 is 0 Å². The molecule has 2 N–H and O–H groups in total. The zero-order chi connectivity index (χ0) is 17.4. The van der Waals surface area contributed by atoms with Crippen molar-refractivity contribution in [3.63, 3.8) is 0 Å². The molecule has 1 atom stereocenters. The van der Waals surface area contributed by atoms with Crippen molar-refractivity contribution < 1.29 is 4.39 Å². The fraction of sp³-hybridized carbons (Fsp3) is 0.389. The summed E-state index contributed by atoms with van der Waals surface area (Å²) in [6.45, 7) is 1.47. The molecule has 0 radical (unpaired) electrons. The summed E-state index contributed by atoms with van der Waals surface area (Å²) in [7, 11) is 5.91. The molecule has 0 fully saturated rings. The van der Waals surface area contributed by atoms with Crippen LogP contribution in [0.4, 0.5) is 4.39 Å². The van der Waals surface area contributed by atoms with Crippen LogP contribution in [0, 0.1) is 5.82 Å². The van der Waals surface area contributed by atoms with E-state index in [-0.39, 0.29) is 29.8 Å². The predicted octanol–water partition coefficient (Wildman–Crippen LogP) is 3.52. The lowest BCUT2D eigenvalue weighted by Crippen LogP contribution is -2.42. The first kappa shape index (κ1) is 21.9. The number of rotatable bonds is 7. The van der Waals surface area contributed by atoms with Crippen molar-refractivity contribution in [2.24, 2.45) is 4.99 Å². The quantitative estimate of drug-likeness (QED) is 0.365. The highest BCUT2D eigenvalue weighted by molar-refractivity contribution is 14.0. The summed E-state index contributed by atoms with van der Waals surface area (Å²) in [6.07, 6.45) is 0.750. The predicted molar refractivity (Wildman–Crippen MR) is 116 cm³/mol. The summed E-state index contributed by atoms with van der Waals surface area (Å²) in [5.41, 5.74) is 0.975. The van der Waals surface area contributed by atoms with Crippen LogP contribution in [0.25, 0.3) is 0 Å². The van der Waals surface area contributed by atoms with Crippen LogP contribution in [-0.2, 0) is 6.42 Å². The third-order valence-corrected chi connectivity index (χ3v) is 4.75. The van der Waals surface area contributed by atoms with Gasteiger partial charge >= 0.3 is 0 Å². The Balaban J connectivity index is 0.00000312. The maximum Gasteiger partial charge on any atom is 0.191 e. The van der Waals surface area contributed by atoms with Gasteiger partial charge in [-0.1, -0.05) is 18.2 Å². The van der Waals surface area contributed by atoms with Gasteiger partial charge in [-0.15, -0.1) is 35.3 Å². The maximum atomic E-state index is 13.2.